The Morgan fingerprint density at radius 1 is 0.737 bits per heavy atom. The van der Waals surface area contributed by atoms with Gasteiger partial charge in [-0.1, -0.05) is 23.2 Å². The van der Waals surface area contributed by atoms with Crippen molar-refractivity contribution < 1.29 is 9.59 Å². The average molecular weight is 292 g/mol. The van der Waals surface area contributed by atoms with Crippen LogP contribution in [0.1, 0.15) is 20.7 Å². The van der Waals surface area contributed by atoms with Crippen LogP contribution in [-0.2, 0) is 0 Å². The van der Waals surface area contributed by atoms with Gasteiger partial charge in [-0.15, -0.1) is 0 Å². The lowest BCUT2D eigenvalue weighted by Crippen LogP contribution is -2.29. The number of hydrogen-bond donors (Lipinski definition) is 0. The van der Waals surface area contributed by atoms with Crippen molar-refractivity contribution in [3.8, 4) is 0 Å². The van der Waals surface area contributed by atoms with Crippen molar-refractivity contribution in [1.82, 2.24) is 0 Å². The molecule has 94 valence electrons. The molecule has 0 unspecified atom stereocenters. The van der Waals surface area contributed by atoms with E-state index in [-0.39, 0.29) is 11.8 Å². The van der Waals surface area contributed by atoms with Crippen molar-refractivity contribution in [2.24, 2.45) is 0 Å². The van der Waals surface area contributed by atoms with E-state index in [9.17, 15) is 9.59 Å². The van der Waals surface area contributed by atoms with E-state index in [2.05, 4.69) is 0 Å². The molecule has 0 spiro atoms. The van der Waals surface area contributed by atoms with Gasteiger partial charge in [-0.05, 0) is 42.5 Å². The topological polar surface area (TPSA) is 37.4 Å². The molecule has 2 amide bonds. The van der Waals surface area contributed by atoms with Crippen LogP contribution in [0.4, 0.5) is 5.69 Å². The van der Waals surface area contributed by atoms with Gasteiger partial charge in [0.05, 0.1) is 16.8 Å². The van der Waals surface area contributed by atoms with Gasteiger partial charge in [0.1, 0.15) is 0 Å². The predicted molar refractivity (Wildman–Crippen MR) is 74.0 cm³/mol. The largest absolute Gasteiger partial charge is 0.268 e. The third kappa shape index (κ3) is 1.91. The number of nitrogens with zero attached hydrogens (tertiary/aromatic N) is 1. The Morgan fingerprint density at radius 3 is 2.00 bits per heavy atom. The molecule has 1 aliphatic rings. The lowest BCUT2D eigenvalue weighted by molar-refractivity contribution is 0.0926. The first-order valence-electron chi connectivity index (χ1n) is 5.52. The summed E-state index contributed by atoms with van der Waals surface area (Å²) in [4.78, 5) is 25.6. The van der Waals surface area contributed by atoms with Crippen LogP contribution in [0, 0.1) is 0 Å². The SMILES string of the molecule is O=C1c2ccc(Cl)cc2C(=O)N1c1ccc(Cl)cc1. The van der Waals surface area contributed by atoms with Crippen LogP contribution in [0.15, 0.2) is 42.5 Å². The minimum atomic E-state index is -0.371. The quantitative estimate of drug-likeness (QED) is 0.750. The Balaban J connectivity index is 2.10. The third-order valence-corrected chi connectivity index (χ3v) is 3.42. The first-order chi connectivity index (χ1) is 9.08. The van der Waals surface area contributed by atoms with E-state index in [1.165, 1.54) is 6.07 Å². The number of fused-ring (bicyclic) bond motifs is 1. The number of carbonyl (C=O) groups is 2. The molecule has 1 aliphatic heterocycles. The monoisotopic (exact) mass is 291 g/mol. The van der Waals surface area contributed by atoms with Crippen molar-refractivity contribution in [3.63, 3.8) is 0 Å². The van der Waals surface area contributed by atoms with E-state index in [1.807, 2.05) is 0 Å². The second-order valence-corrected chi connectivity index (χ2v) is 4.98. The summed E-state index contributed by atoms with van der Waals surface area (Å²) in [6.07, 6.45) is 0. The number of rotatable bonds is 1. The molecule has 19 heavy (non-hydrogen) atoms. The Bertz CT molecular complexity index is 695. The van der Waals surface area contributed by atoms with Crippen molar-refractivity contribution in [2.45, 2.75) is 0 Å². The fourth-order valence-electron chi connectivity index (χ4n) is 2.04. The maximum Gasteiger partial charge on any atom is 0.266 e. The molecule has 0 atom stereocenters. The fourth-order valence-corrected chi connectivity index (χ4v) is 2.34. The predicted octanol–water partition coefficient (Wildman–Crippen LogP) is 3.79. The van der Waals surface area contributed by atoms with Crippen LogP contribution in [0.25, 0.3) is 0 Å². The van der Waals surface area contributed by atoms with E-state index in [1.54, 1.807) is 36.4 Å². The molecule has 1 heterocycles. The molecule has 0 bridgehead atoms. The van der Waals surface area contributed by atoms with E-state index in [0.717, 1.165) is 4.90 Å². The van der Waals surface area contributed by atoms with E-state index >= 15 is 0 Å². The Kier molecular flexibility index (Phi) is 2.81. The summed E-state index contributed by atoms with van der Waals surface area (Å²) in [6.45, 7) is 0. The standard InChI is InChI=1S/C14H7Cl2NO2/c15-8-1-4-10(5-2-8)17-13(18)11-6-3-9(16)7-12(11)14(17)19/h1-7H. The lowest BCUT2D eigenvalue weighted by Gasteiger charge is -2.13. The summed E-state index contributed by atoms with van der Waals surface area (Å²) >= 11 is 11.6. The van der Waals surface area contributed by atoms with Crippen LogP contribution >= 0.6 is 23.2 Å². The molecule has 0 aromatic heterocycles. The zero-order chi connectivity index (χ0) is 13.6. The summed E-state index contributed by atoms with van der Waals surface area (Å²) in [5.41, 5.74) is 1.18. The molecular weight excluding hydrogens is 285 g/mol. The van der Waals surface area contributed by atoms with Gasteiger partial charge in [-0.3, -0.25) is 9.59 Å². The summed E-state index contributed by atoms with van der Waals surface area (Å²) in [7, 11) is 0. The highest BCUT2D eigenvalue weighted by Gasteiger charge is 2.36. The molecule has 3 rings (SSSR count). The molecule has 0 aliphatic carbocycles. The molecule has 2 aromatic rings. The molecule has 0 fully saturated rings. The van der Waals surface area contributed by atoms with Crippen molar-refractivity contribution in [1.29, 1.82) is 0 Å². The Labute approximate surface area is 119 Å². The van der Waals surface area contributed by atoms with Crippen LogP contribution < -0.4 is 4.90 Å². The van der Waals surface area contributed by atoms with Gasteiger partial charge < -0.3 is 0 Å². The summed E-state index contributed by atoms with van der Waals surface area (Å²) in [6, 6.07) is 11.2. The van der Waals surface area contributed by atoms with Gasteiger partial charge in [-0.2, -0.15) is 0 Å². The minimum absolute atomic E-state index is 0.326. The van der Waals surface area contributed by atoms with Crippen molar-refractivity contribution in [3.05, 3.63) is 63.6 Å². The zero-order valence-corrected chi connectivity index (χ0v) is 11.1. The summed E-state index contributed by atoms with van der Waals surface area (Å²) < 4.78 is 0. The minimum Gasteiger partial charge on any atom is -0.268 e. The maximum absolute atomic E-state index is 12.3. The van der Waals surface area contributed by atoms with Crippen molar-refractivity contribution >= 4 is 40.7 Å². The van der Waals surface area contributed by atoms with Gasteiger partial charge in [-0.25, -0.2) is 4.90 Å². The van der Waals surface area contributed by atoms with E-state index < -0.39 is 0 Å². The average Bonchev–Trinajstić information content (AvgIpc) is 2.63. The number of amides is 2. The molecular formula is C14H7Cl2NO2. The van der Waals surface area contributed by atoms with Gasteiger partial charge in [0.25, 0.3) is 11.8 Å². The van der Waals surface area contributed by atoms with E-state index in [4.69, 9.17) is 23.2 Å². The smallest absolute Gasteiger partial charge is 0.266 e. The van der Waals surface area contributed by atoms with Gasteiger partial charge in [0.2, 0.25) is 0 Å². The maximum atomic E-state index is 12.3. The molecule has 5 heteroatoms. The third-order valence-electron chi connectivity index (χ3n) is 2.93. The Morgan fingerprint density at radius 2 is 1.32 bits per heavy atom. The van der Waals surface area contributed by atoms with Crippen LogP contribution in [0.3, 0.4) is 0 Å². The molecule has 0 N–H and O–H groups in total. The second kappa shape index (κ2) is 4.37. The first kappa shape index (κ1) is 12.2. The van der Waals surface area contributed by atoms with Gasteiger partial charge in [0.15, 0.2) is 0 Å². The zero-order valence-electron chi connectivity index (χ0n) is 9.56. The molecule has 0 saturated heterocycles. The summed E-state index contributed by atoms with van der Waals surface area (Å²) in [5.74, 6) is -0.719. The molecule has 0 radical (unpaired) electrons. The number of benzene rings is 2. The van der Waals surface area contributed by atoms with Gasteiger partial charge >= 0.3 is 0 Å². The lowest BCUT2D eigenvalue weighted by atomic mass is 10.1. The molecule has 0 saturated carbocycles. The number of anilines is 1. The highest BCUT2D eigenvalue weighted by molar-refractivity contribution is 6.37. The fraction of sp³-hybridized carbons (Fsp3) is 0. The molecule has 3 nitrogen and oxygen atoms in total. The normalized spacial score (nSPS) is 13.9. The molecule has 2 aromatic carbocycles. The highest BCUT2D eigenvalue weighted by atomic mass is 35.5. The van der Waals surface area contributed by atoms with Crippen LogP contribution in [-0.4, -0.2) is 11.8 Å². The van der Waals surface area contributed by atoms with E-state index in [0.29, 0.717) is 26.9 Å². The van der Waals surface area contributed by atoms with Crippen LogP contribution in [0.2, 0.25) is 10.0 Å². The highest BCUT2D eigenvalue weighted by Crippen LogP contribution is 2.30. The number of carbonyl (C=O) groups excluding carboxylic acids is 2. The first-order valence-corrected chi connectivity index (χ1v) is 6.27. The number of imide groups is 1. The second-order valence-electron chi connectivity index (χ2n) is 4.11. The number of hydrogen-bond acceptors (Lipinski definition) is 2. The van der Waals surface area contributed by atoms with Crippen molar-refractivity contribution in [2.75, 3.05) is 4.90 Å². The van der Waals surface area contributed by atoms with Crippen LogP contribution in [0.5, 0.6) is 0 Å². The number of halogens is 2. The summed E-state index contributed by atoms with van der Waals surface area (Å²) in [5, 5.41) is 0.973. The Hall–Kier alpha value is -1.84. The van der Waals surface area contributed by atoms with Gasteiger partial charge in [0, 0.05) is 10.0 Å².